The number of amides is 2. The van der Waals surface area contributed by atoms with Crippen LogP contribution in [-0.2, 0) is 28.1 Å². The second kappa shape index (κ2) is 11.7. The van der Waals surface area contributed by atoms with E-state index in [0.29, 0.717) is 68.1 Å². The molecule has 0 bridgehead atoms. The number of benzene rings is 3. The van der Waals surface area contributed by atoms with Gasteiger partial charge in [0, 0.05) is 49.6 Å². The van der Waals surface area contributed by atoms with Crippen LogP contribution in [0.2, 0.25) is 5.02 Å². The van der Waals surface area contributed by atoms with E-state index in [4.69, 9.17) is 16.3 Å². The number of fused-ring (bicyclic) bond motifs is 3. The summed E-state index contributed by atoms with van der Waals surface area (Å²) in [6.45, 7) is 5.08. The van der Waals surface area contributed by atoms with Crippen molar-refractivity contribution >= 4 is 29.3 Å². The van der Waals surface area contributed by atoms with Gasteiger partial charge in [0.1, 0.15) is 17.2 Å². The predicted octanol–water partition coefficient (Wildman–Crippen LogP) is 6.93. The Balaban J connectivity index is 1.13. The summed E-state index contributed by atoms with van der Waals surface area (Å²) in [6.07, 6.45) is 2.74. The minimum Gasteiger partial charge on any atom is -0.438 e. The standard InChI is InChI=1S/C33H34ClF2N3O3/c1-21-4-5-23(18-29(21)34)27(31(40)39-14-10-22-6-7-25(35)17-24(22)20-39)3-2-13-38-15-11-33(12-16-38)28-19-26(36)8-9-30(28)37-32(41)42-33/h4-9,17-19,27H,2-3,10-16,20H2,1H3,(H,37,41). The van der Waals surface area contributed by atoms with Crippen molar-refractivity contribution < 1.29 is 23.1 Å². The highest BCUT2D eigenvalue weighted by Gasteiger charge is 2.44. The van der Waals surface area contributed by atoms with Crippen molar-refractivity contribution in [2.24, 2.45) is 0 Å². The molecule has 6 rings (SSSR count). The van der Waals surface area contributed by atoms with Crippen molar-refractivity contribution in [1.29, 1.82) is 0 Å². The Morgan fingerprint density at radius 3 is 2.57 bits per heavy atom. The molecule has 6 nitrogen and oxygen atoms in total. The number of carbonyl (C=O) groups is 2. The summed E-state index contributed by atoms with van der Waals surface area (Å²) in [4.78, 5) is 30.4. The van der Waals surface area contributed by atoms with Crippen molar-refractivity contribution in [3.05, 3.63) is 99.1 Å². The summed E-state index contributed by atoms with van der Waals surface area (Å²) in [7, 11) is 0. The Morgan fingerprint density at radius 2 is 1.79 bits per heavy atom. The van der Waals surface area contributed by atoms with E-state index < -0.39 is 11.7 Å². The third-order valence-corrected chi connectivity index (χ3v) is 9.42. The van der Waals surface area contributed by atoms with E-state index in [1.54, 1.807) is 6.07 Å². The van der Waals surface area contributed by atoms with E-state index in [9.17, 15) is 18.4 Å². The molecule has 3 aromatic carbocycles. The lowest BCUT2D eigenvalue weighted by atomic mass is 9.82. The SMILES string of the molecule is Cc1ccc(C(CCCN2CCC3(CC2)OC(=O)Nc2ccc(F)cc23)C(=O)N2CCc3ccc(F)cc3C2)cc1Cl. The highest BCUT2D eigenvalue weighted by atomic mass is 35.5. The Bertz CT molecular complexity index is 1520. The molecule has 1 saturated heterocycles. The van der Waals surface area contributed by atoms with Gasteiger partial charge in [-0.1, -0.05) is 29.8 Å². The van der Waals surface area contributed by atoms with Gasteiger partial charge in [-0.2, -0.15) is 0 Å². The summed E-state index contributed by atoms with van der Waals surface area (Å²) < 4.78 is 33.8. The average molecular weight is 594 g/mol. The highest BCUT2D eigenvalue weighted by Crippen LogP contribution is 2.44. The molecule has 2 amide bonds. The van der Waals surface area contributed by atoms with E-state index in [-0.39, 0.29) is 23.5 Å². The van der Waals surface area contributed by atoms with E-state index in [1.807, 2.05) is 36.1 Å². The fourth-order valence-corrected chi connectivity index (χ4v) is 6.78. The van der Waals surface area contributed by atoms with Crippen molar-refractivity contribution in [1.82, 2.24) is 9.80 Å². The topological polar surface area (TPSA) is 61.9 Å². The lowest BCUT2D eigenvalue weighted by Gasteiger charge is -2.44. The molecule has 1 fully saturated rings. The molecule has 1 spiro atoms. The maximum atomic E-state index is 14.1. The predicted molar refractivity (Wildman–Crippen MR) is 158 cm³/mol. The molecule has 42 heavy (non-hydrogen) atoms. The Kier molecular flexibility index (Phi) is 7.94. The molecule has 0 radical (unpaired) electrons. The molecule has 3 aliphatic heterocycles. The van der Waals surface area contributed by atoms with E-state index in [2.05, 4.69) is 10.2 Å². The quantitative estimate of drug-likeness (QED) is 0.337. The maximum absolute atomic E-state index is 14.1. The first-order valence-corrected chi connectivity index (χ1v) is 14.9. The Hall–Kier alpha value is -3.49. The number of ether oxygens (including phenoxy) is 1. The van der Waals surface area contributed by atoms with Gasteiger partial charge in [0.2, 0.25) is 5.91 Å². The number of hydrogen-bond donors (Lipinski definition) is 1. The third kappa shape index (κ3) is 5.75. The van der Waals surface area contributed by atoms with Gasteiger partial charge in [-0.05, 0) is 91.4 Å². The van der Waals surface area contributed by atoms with Gasteiger partial charge in [-0.15, -0.1) is 0 Å². The molecule has 3 aliphatic rings. The number of aryl methyl sites for hydroxylation is 1. The van der Waals surface area contributed by atoms with Gasteiger partial charge in [0.25, 0.3) is 0 Å². The number of piperidine rings is 1. The number of hydrogen-bond acceptors (Lipinski definition) is 4. The van der Waals surface area contributed by atoms with Gasteiger partial charge in [0.15, 0.2) is 0 Å². The molecular formula is C33H34ClF2N3O3. The summed E-state index contributed by atoms with van der Waals surface area (Å²) in [5.74, 6) is -0.983. The molecule has 0 aromatic heterocycles. The Labute approximate surface area is 249 Å². The minimum atomic E-state index is -0.836. The summed E-state index contributed by atoms with van der Waals surface area (Å²) in [5, 5.41) is 3.31. The van der Waals surface area contributed by atoms with Crippen molar-refractivity contribution in [2.45, 2.75) is 57.1 Å². The van der Waals surface area contributed by atoms with Gasteiger partial charge in [-0.25, -0.2) is 13.6 Å². The summed E-state index contributed by atoms with van der Waals surface area (Å²) in [5.41, 5.74) is 4.24. The second-order valence-electron chi connectivity index (χ2n) is 11.7. The Morgan fingerprint density at radius 1 is 1.02 bits per heavy atom. The number of carbonyl (C=O) groups excluding carboxylic acids is 2. The first kappa shape index (κ1) is 28.6. The summed E-state index contributed by atoms with van der Waals surface area (Å²) in [6, 6.07) is 15.0. The largest absolute Gasteiger partial charge is 0.438 e. The van der Waals surface area contributed by atoms with Crippen LogP contribution in [0.4, 0.5) is 19.3 Å². The number of likely N-dealkylation sites (tertiary alicyclic amines) is 1. The molecule has 1 atom stereocenters. The number of nitrogens with one attached hydrogen (secondary N) is 1. The molecular weight excluding hydrogens is 560 g/mol. The first-order valence-electron chi connectivity index (χ1n) is 14.6. The fraction of sp³-hybridized carbons (Fsp3) is 0.394. The fourth-order valence-electron chi connectivity index (χ4n) is 6.59. The van der Waals surface area contributed by atoms with Crippen LogP contribution in [-0.4, -0.2) is 48.0 Å². The van der Waals surface area contributed by atoms with Crippen LogP contribution in [0.1, 0.15) is 59.4 Å². The van der Waals surface area contributed by atoms with Crippen molar-refractivity contribution in [3.8, 4) is 0 Å². The normalized spacial score (nSPS) is 18.6. The second-order valence-corrected chi connectivity index (χ2v) is 12.1. The molecule has 9 heteroatoms. The molecule has 220 valence electrons. The van der Waals surface area contributed by atoms with E-state index >= 15 is 0 Å². The molecule has 1 unspecified atom stereocenters. The monoisotopic (exact) mass is 593 g/mol. The number of anilines is 1. The van der Waals surface area contributed by atoms with E-state index in [1.165, 1.54) is 24.3 Å². The van der Waals surface area contributed by atoms with Crippen LogP contribution in [0.3, 0.4) is 0 Å². The zero-order chi connectivity index (χ0) is 29.4. The average Bonchev–Trinajstić information content (AvgIpc) is 2.97. The minimum absolute atomic E-state index is 0.0303. The summed E-state index contributed by atoms with van der Waals surface area (Å²) >= 11 is 6.48. The number of rotatable bonds is 6. The van der Waals surface area contributed by atoms with E-state index in [0.717, 1.165) is 35.2 Å². The molecule has 3 aromatic rings. The highest BCUT2D eigenvalue weighted by molar-refractivity contribution is 6.31. The van der Waals surface area contributed by atoms with Crippen LogP contribution < -0.4 is 5.32 Å². The lowest BCUT2D eigenvalue weighted by Crippen LogP contribution is -2.48. The first-order chi connectivity index (χ1) is 20.2. The maximum Gasteiger partial charge on any atom is 0.412 e. The zero-order valence-corrected chi connectivity index (χ0v) is 24.4. The number of halogens is 3. The van der Waals surface area contributed by atoms with Crippen molar-refractivity contribution in [3.63, 3.8) is 0 Å². The van der Waals surface area contributed by atoms with Crippen LogP contribution in [0.15, 0.2) is 54.6 Å². The van der Waals surface area contributed by atoms with Crippen LogP contribution in [0.25, 0.3) is 0 Å². The van der Waals surface area contributed by atoms with Gasteiger partial charge >= 0.3 is 6.09 Å². The smallest absolute Gasteiger partial charge is 0.412 e. The number of nitrogens with zero attached hydrogens (tertiary/aromatic N) is 2. The van der Waals surface area contributed by atoms with Gasteiger partial charge < -0.3 is 14.5 Å². The molecule has 0 saturated carbocycles. The van der Waals surface area contributed by atoms with Crippen LogP contribution in [0.5, 0.6) is 0 Å². The lowest BCUT2D eigenvalue weighted by molar-refractivity contribution is -0.134. The van der Waals surface area contributed by atoms with Crippen LogP contribution >= 0.6 is 11.6 Å². The molecule has 0 aliphatic carbocycles. The third-order valence-electron chi connectivity index (χ3n) is 9.02. The van der Waals surface area contributed by atoms with Gasteiger partial charge in [0.05, 0.1) is 11.6 Å². The zero-order valence-electron chi connectivity index (χ0n) is 23.6. The molecule has 3 heterocycles. The van der Waals surface area contributed by atoms with Crippen LogP contribution in [0, 0.1) is 18.6 Å². The molecule has 1 N–H and O–H groups in total. The van der Waals surface area contributed by atoms with Crippen molar-refractivity contribution in [2.75, 3.05) is 31.5 Å². The van der Waals surface area contributed by atoms with Gasteiger partial charge in [-0.3, -0.25) is 10.1 Å².